The van der Waals surface area contributed by atoms with E-state index in [2.05, 4.69) is 48.8 Å². The van der Waals surface area contributed by atoms with E-state index >= 15 is 0 Å². The van der Waals surface area contributed by atoms with Crippen molar-refractivity contribution in [1.82, 2.24) is 19.9 Å². The zero-order chi connectivity index (χ0) is 69.4. The molecule has 0 saturated carbocycles. The molecule has 0 aliphatic heterocycles. The minimum absolute atomic E-state index is 0.00960. The van der Waals surface area contributed by atoms with Gasteiger partial charge in [-0.15, -0.1) is 11.3 Å². The smallest absolute Gasteiger partial charge is 0.345 e. The SMILES string of the molecule is COc1ccc(C(OC[C@H](COS(=O)(=O)c2ccc(C)cc2)Oc2ccc(-c3c(-c4ccc(F)cc4)sc4ncnc(OC(Cc5cc(O[Si](C)(C)C(C)(C)C)ccc5OCc5ccnc(-c6ccccc6OC)n5)C(=O)O)c34)cc2Cl)(c2ccccc2)c2ccc(OC)cc2)cc1. The third kappa shape index (κ3) is 15.6. The van der Waals surface area contributed by atoms with Gasteiger partial charge in [0.2, 0.25) is 20.3 Å². The number of ether oxygens (including phenoxy) is 7. The molecule has 1 unspecified atom stereocenters. The van der Waals surface area contributed by atoms with Crippen LogP contribution in [0.25, 0.3) is 43.2 Å². The Morgan fingerprint density at radius 2 is 1.31 bits per heavy atom. The number of hydrogen-bond donors (Lipinski definition) is 1. The first-order valence-electron chi connectivity index (χ1n) is 31.3. The molecule has 0 aliphatic rings. The molecule has 0 spiro atoms. The molecular formula is C76H72ClFN4O13S2Si. The summed E-state index contributed by atoms with van der Waals surface area (Å²) in [7, 11) is -2.05. The predicted octanol–water partition coefficient (Wildman–Crippen LogP) is 16.8. The predicted molar refractivity (Wildman–Crippen MR) is 379 cm³/mol. The first-order valence-corrected chi connectivity index (χ1v) is 36.8. The number of carboxylic acid groups (broad SMARTS) is 1. The molecule has 0 amide bonds. The topological polar surface area (TPSA) is 206 Å². The monoisotopic (exact) mass is 1390 g/mol. The van der Waals surface area contributed by atoms with E-state index < -0.39 is 54.6 Å². The number of aryl methyl sites for hydroxylation is 1. The van der Waals surface area contributed by atoms with Crippen LogP contribution >= 0.6 is 22.9 Å². The molecule has 8 aromatic carbocycles. The lowest BCUT2D eigenvalue weighted by atomic mass is 9.80. The van der Waals surface area contributed by atoms with Gasteiger partial charge in [-0.25, -0.2) is 29.1 Å². The summed E-state index contributed by atoms with van der Waals surface area (Å²) >= 11 is 8.65. The molecule has 0 fully saturated rings. The second-order valence-corrected chi connectivity index (χ2v) is 32.3. The fourth-order valence-corrected chi connectivity index (χ4v) is 14.2. The Labute approximate surface area is 579 Å². The van der Waals surface area contributed by atoms with Crippen molar-refractivity contribution in [3.05, 3.63) is 251 Å². The number of benzene rings is 8. The lowest BCUT2D eigenvalue weighted by Gasteiger charge is -2.37. The van der Waals surface area contributed by atoms with E-state index in [1.807, 2.05) is 116 Å². The molecule has 0 bridgehead atoms. The highest BCUT2D eigenvalue weighted by molar-refractivity contribution is 7.86. The first kappa shape index (κ1) is 69.6. The number of carboxylic acids is 1. The highest BCUT2D eigenvalue weighted by Gasteiger charge is 2.41. The van der Waals surface area contributed by atoms with E-state index in [1.165, 1.54) is 41.9 Å². The highest BCUT2D eigenvalue weighted by atomic mass is 35.5. The van der Waals surface area contributed by atoms with Crippen molar-refractivity contribution >= 4 is 57.6 Å². The second kappa shape index (κ2) is 29.9. The van der Waals surface area contributed by atoms with Crippen molar-refractivity contribution in [3.63, 3.8) is 0 Å². The van der Waals surface area contributed by atoms with Crippen LogP contribution in [0.5, 0.6) is 40.4 Å². The maximum atomic E-state index is 14.8. The van der Waals surface area contributed by atoms with Gasteiger partial charge >= 0.3 is 5.97 Å². The molecule has 504 valence electrons. The largest absolute Gasteiger partial charge is 0.543 e. The summed E-state index contributed by atoms with van der Waals surface area (Å²) in [5.74, 6) is 1.43. The average molecular weight is 1400 g/mol. The first-order chi connectivity index (χ1) is 47.1. The van der Waals surface area contributed by atoms with Crippen LogP contribution in [-0.4, -0.2) is 94.5 Å². The van der Waals surface area contributed by atoms with Gasteiger partial charge in [-0.1, -0.05) is 135 Å². The number of fused-ring (bicyclic) bond motifs is 1. The number of methoxy groups -OCH3 is 3. The molecule has 22 heteroatoms. The average Bonchev–Trinajstić information content (AvgIpc) is 1.45. The van der Waals surface area contributed by atoms with Crippen LogP contribution in [0.3, 0.4) is 0 Å². The highest BCUT2D eigenvalue weighted by Crippen LogP contribution is 2.49. The van der Waals surface area contributed by atoms with Crippen molar-refractivity contribution in [2.45, 2.75) is 81.6 Å². The van der Waals surface area contributed by atoms with Crippen LogP contribution in [0, 0.1) is 12.7 Å². The Morgan fingerprint density at radius 3 is 1.95 bits per heavy atom. The normalized spacial score (nSPS) is 12.6. The number of nitrogens with zero attached hydrogens (tertiary/aromatic N) is 4. The van der Waals surface area contributed by atoms with E-state index in [1.54, 1.807) is 88.2 Å². The number of aliphatic carboxylic acids is 1. The Morgan fingerprint density at radius 1 is 0.673 bits per heavy atom. The van der Waals surface area contributed by atoms with Gasteiger partial charge in [0.15, 0.2) is 5.82 Å². The Bertz CT molecular complexity index is 4670. The summed E-state index contributed by atoms with van der Waals surface area (Å²) in [4.78, 5) is 33.3. The third-order valence-electron chi connectivity index (χ3n) is 17.0. The lowest BCUT2D eigenvalue weighted by molar-refractivity contribution is -0.145. The summed E-state index contributed by atoms with van der Waals surface area (Å²) in [5, 5.41) is 11.4. The number of para-hydroxylation sites is 1. The van der Waals surface area contributed by atoms with E-state index in [0.717, 1.165) is 11.1 Å². The van der Waals surface area contributed by atoms with E-state index in [9.17, 15) is 22.7 Å². The molecule has 11 rings (SSSR count). The summed E-state index contributed by atoms with van der Waals surface area (Å²) in [6, 6.07) is 56.2. The number of hydrogen-bond acceptors (Lipinski definition) is 17. The molecule has 3 aromatic heterocycles. The van der Waals surface area contributed by atoms with Gasteiger partial charge in [0.1, 0.15) is 76.4 Å². The number of aromatic nitrogens is 4. The zero-order valence-electron chi connectivity index (χ0n) is 55.3. The van der Waals surface area contributed by atoms with Gasteiger partial charge in [-0.2, -0.15) is 8.42 Å². The van der Waals surface area contributed by atoms with Gasteiger partial charge in [0, 0.05) is 28.6 Å². The molecule has 17 nitrogen and oxygen atoms in total. The summed E-state index contributed by atoms with van der Waals surface area (Å²) in [6.07, 6.45) is -0.0559. The molecule has 3 heterocycles. The fraction of sp³-hybridized carbons (Fsp3) is 0.224. The molecule has 0 aliphatic carbocycles. The lowest BCUT2D eigenvalue weighted by Crippen LogP contribution is -2.43. The van der Waals surface area contributed by atoms with Gasteiger partial charge in [0.05, 0.1) is 54.5 Å². The van der Waals surface area contributed by atoms with Crippen LogP contribution < -0.4 is 32.8 Å². The van der Waals surface area contributed by atoms with Crippen LogP contribution in [0.4, 0.5) is 4.39 Å². The van der Waals surface area contributed by atoms with Crippen LogP contribution in [0.1, 0.15) is 54.3 Å². The zero-order valence-corrected chi connectivity index (χ0v) is 58.7. The molecular weight excluding hydrogens is 1320 g/mol. The van der Waals surface area contributed by atoms with Crippen molar-refractivity contribution in [2.75, 3.05) is 34.5 Å². The van der Waals surface area contributed by atoms with E-state index in [-0.39, 0.29) is 46.2 Å². The van der Waals surface area contributed by atoms with Crippen LogP contribution in [0.15, 0.2) is 212 Å². The molecule has 0 radical (unpaired) electrons. The van der Waals surface area contributed by atoms with Crippen molar-refractivity contribution in [3.8, 4) is 73.3 Å². The maximum Gasteiger partial charge on any atom is 0.345 e. The minimum Gasteiger partial charge on any atom is -0.543 e. The number of thiophene rings is 1. The van der Waals surface area contributed by atoms with Gasteiger partial charge < -0.3 is 42.7 Å². The van der Waals surface area contributed by atoms with Crippen LogP contribution in [-0.2, 0) is 42.5 Å². The molecule has 98 heavy (non-hydrogen) atoms. The number of rotatable bonds is 28. The maximum absolute atomic E-state index is 14.8. The van der Waals surface area contributed by atoms with Gasteiger partial charge in [-0.3, -0.25) is 4.18 Å². The Balaban J connectivity index is 0.963. The van der Waals surface area contributed by atoms with Crippen molar-refractivity contribution in [2.24, 2.45) is 0 Å². The summed E-state index contributed by atoms with van der Waals surface area (Å²) < 4.78 is 99.4. The molecule has 1 N–H and O–H groups in total. The Hall–Kier alpha value is -9.74. The molecule has 2 atom stereocenters. The number of carbonyl (C=O) groups is 1. The standard InChI is InChI=1S/C76H72ClFN4O13S2Si/c1-48-19-35-61(36-20-48)97(85,86)92-46-60(45-91-76(52-15-11-10-12-16-52,53-24-30-57(87-5)31-25-53)54-26-32-58(88-6)33-27-54)93-66-37-23-50(42-63(66)77)68-69-72(80-47-81-73(69)96-70(68)49-21-28-55(78)29-22-49)94-67(74(83)84)43-51-41-59(95-98(8,9)75(2,3)4)34-38-64(51)90-44-56-39-40-79-71(82-56)62-17-13-14-18-65(62)89-7/h10-42,47,60,67H,43-46H2,1-9H3,(H,83,84)/t60-,67?/m1/s1. The second-order valence-electron chi connectivity index (χ2n) is 24.6. The Kier molecular flexibility index (Phi) is 21.3. The van der Waals surface area contributed by atoms with Crippen molar-refractivity contribution < 1.29 is 64.5 Å². The van der Waals surface area contributed by atoms with Gasteiger partial charge in [0.25, 0.3) is 10.1 Å². The molecule has 11 aromatic rings. The van der Waals surface area contributed by atoms with Crippen LogP contribution in [0.2, 0.25) is 23.2 Å². The molecule has 0 saturated heterocycles. The van der Waals surface area contributed by atoms with Gasteiger partial charge in [-0.05, 0) is 150 Å². The van der Waals surface area contributed by atoms with Crippen molar-refractivity contribution in [1.29, 1.82) is 0 Å². The minimum atomic E-state index is -4.36. The fourth-order valence-electron chi connectivity index (χ4n) is 10.8. The van der Waals surface area contributed by atoms with E-state index in [0.29, 0.717) is 94.3 Å². The van der Waals surface area contributed by atoms with E-state index in [4.69, 9.17) is 58.4 Å². The third-order valence-corrected chi connectivity index (χ3v) is 24.1. The summed E-state index contributed by atoms with van der Waals surface area (Å²) in [5.41, 5.74) is 4.92. The summed E-state index contributed by atoms with van der Waals surface area (Å²) in [6.45, 7) is 11.7. The number of halogens is 2. The quantitative estimate of drug-likeness (QED) is 0.0275.